The van der Waals surface area contributed by atoms with Crippen molar-refractivity contribution in [3.63, 3.8) is 0 Å². The van der Waals surface area contributed by atoms with Gasteiger partial charge < -0.3 is 0 Å². The molecule has 0 aliphatic rings. The summed E-state index contributed by atoms with van der Waals surface area (Å²) in [6.07, 6.45) is 6.78. The van der Waals surface area contributed by atoms with E-state index >= 15 is 0 Å². The molecule has 0 saturated carbocycles. The molecule has 0 fully saturated rings. The van der Waals surface area contributed by atoms with Crippen molar-refractivity contribution in [1.82, 2.24) is 0 Å². The van der Waals surface area contributed by atoms with E-state index in [2.05, 4.69) is 20.0 Å². The van der Waals surface area contributed by atoms with Crippen LogP contribution in [0.4, 0.5) is 0 Å². The van der Waals surface area contributed by atoms with Crippen LogP contribution in [-0.4, -0.2) is 36.7 Å². The molecule has 8 nitrogen and oxygen atoms in total. The lowest BCUT2D eigenvalue weighted by atomic mass is 10.1. The molecule has 0 rings (SSSR count). The molecular formula is C10H10N4O4. The topological polar surface area (TPSA) is 118 Å². The fraction of sp³-hybridized carbons (Fsp3) is 0.600. The van der Waals surface area contributed by atoms with Crippen LogP contribution < -0.4 is 0 Å². The number of hydrogen-bond acceptors (Lipinski definition) is 8. The zero-order valence-electron chi connectivity index (χ0n) is 9.46. The first-order chi connectivity index (χ1) is 8.74. The Balaban J connectivity index is 4.50. The molecule has 0 saturated heterocycles. The van der Waals surface area contributed by atoms with Gasteiger partial charge in [-0.05, 0) is 12.8 Å². The Labute approximate surface area is 102 Å². The quantitative estimate of drug-likeness (QED) is 0.337. The van der Waals surface area contributed by atoms with Crippen molar-refractivity contribution >= 4 is 24.3 Å². The molecule has 0 spiro atoms. The van der Waals surface area contributed by atoms with Gasteiger partial charge in [0, 0.05) is 6.42 Å². The summed E-state index contributed by atoms with van der Waals surface area (Å²) in [5.41, 5.74) is 0. The number of aliphatic imine (C=N–C) groups is 4. The molecule has 0 aliphatic heterocycles. The van der Waals surface area contributed by atoms with Crippen LogP contribution in [0.2, 0.25) is 0 Å². The summed E-state index contributed by atoms with van der Waals surface area (Å²) in [5, 5.41) is 0. The Morgan fingerprint density at radius 3 is 1.72 bits per heavy atom. The second kappa shape index (κ2) is 9.73. The number of rotatable bonds is 9. The Morgan fingerprint density at radius 2 is 1.28 bits per heavy atom. The number of hydrogen-bond donors (Lipinski definition) is 0. The largest absolute Gasteiger partial charge is 0.277 e. The van der Waals surface area contributed by atoms with Crippen molar-refractivity contribution < 1.29 is 19.2 Å². The van der Waals surface area contributed by atoms with E-state index in [1.54, 1.807) is 0 Å². The summed E-state index contributed by atoms with van der Waals surface area (Å²) in [4.78, 5) is 53.4. The first kappa shape index (κ1) is 15.5. The SMILES string of the molecule is O=C=NCCCCCC(N=C=O)(N=C=O)N=C=O. The maximum atomic E-state index is 10.2. The number of carbonyl (C=O) groups excluding carboxylic acids is 4. The molecule has 0 heterocycles. The lowest BCUT2D eigenvalue weighted by Crippen LogP contribution is -2.20. The lowest BCUT2D eigenvalue weighted by Gasteiger charge is -2.14. The van der Waals surface area contributed by atoms with Crippen molar-refractivity contribution in [3.8, 4) is 0 Å². The van der Waals surface area contributed by atoms with E-state index in [9.17, 15) is 19.2 Å². The van der Waals surface area contributed by atoms with E-state index in [4.69, 9.17) is 0 Å². The second-order valence-electron chi connectivity index (χ2n) is 3.17. The zero-order valence-corrected chi connectivity index (χ0v) is 9.46. The molecule has 0 atom stereocenters. The smallest absolute Gasteiger partial charge is 0.211 e. The predicted octanol–water partition coefficient (Wildman–Crippen LogP) is 0.544. The van der Waals surface area contributed by atoms with Gasteiger partial charge in [-0.25, -0.2) is 24.2 Å². The molecule has 0 bridgehead atoms. The minimum atomic E-state index is -1.81. The van der Waals surface area contributed by atoms with Crippen LogP contribution in [0.25, 0.3) is 0 Å². The highest BCUT2D eigenvalue weighted by Gasteiger charge is 2.28. The maximum absolute atomic E-state index is 10.2. The second-order valence-corrected chi connectivity index (χ2v) is 3.17. The predicted molar refractivity (Wildman–Crippen MR) is 58.6 cm³/mol. The van der Waals surface area contributed by atoms with Crippen LogP contribution >= 0.6 is 0 Å². The minimum absolute atomic E-state index is 0.0670. The minimum Gasteiger partial charge on any atom is -0.211 e. The summed E-state index contributed by atoms with van der Waals surface area (Å²) in [5.74, 6) is -1.81. The van der Waals surface area contributed by atoms with Crippen LogP contribution in [0, 0.1) is 0 Å². The Kier molecular flexibility index (Phi) is 8.39. The summed E-state index contributed by atoms with van der Waals surface area (Å²) in [6.45, 7) is 0.335. The summed E-state index contributed by atoms with van der Waals surface area (Å²) in [7, 11) is 0. The fourth-order valence-corrected chi connectivity index (χ4v) is 1.24. The Bertz CT molecular complexity index is 405. The van der Waals surface area contributed by atoms with Gasteiger partial charge in [-0.2, -0.15) is 15.0 Å². The molecule has 0 unspecified atom stereocenters. The van der Waals surface area contributed by atoms with Crippen molar-refractivity contribution in [3.05, 3.63) is 0 Å². The average molecular weight is 250 g/mol. The monoisotopic (exact) mass is 250 g/mol. The molecule has 0 aromatic carbocycles. The lowest BCUT2D eigenvalue weighted by molar-refractivity contribution is 0.401. The molecule has 18 heavy (non-hydrogen) atoms. The highest BCUT2D eigenvalue weighted by molar-refractivity contribution is 5.42. The van der Waals surface area contributed by atoms with Gasteiger partial charge in [-0.15, -0.1) is 0 Å². The van der Waals surface area contributed by atoms with Gasteiger partial charge in [0.05, 0.1) is 6.54 Å². The average Bonchev–Trinajstić information content (AvgIpc) is 2.35. The van der Waals surface area contributed by atoms with Crippen LogP contribution in [0.15, 0.2) is 20.0 Å². The van der Waals surface area contributed by atoms with Gasteiger partial charge in [0.25, 0.3) is 5.79 Å². The van der Waals surface area contributed by atoms with Crippen LogP contribution in [-0.2, 0) is 19.2 Å². The van der Waals surface area contributed by atoms with E-state index in [0.717, 1.165) is 0 Å². The molecule has 0 amide bonds. The maximum Gasteiger partial charge on any atom is 0.277 e. The molecule has 0 aromatic heterocycles. The zero-order chi connectivity index (χ0) is 13.7. The summed E-state index contributed by atoms with van der Waals surface area (Å²) >= 11 is 0. The van der Waals surface area contributed by atoms with E-state index in [0.29, 0.717) is 25.8 Å². The van der Waals surface area contributed by atoms with Crippen molar-refractivity contribution in [2.45, 2.75) is 31.5 Å². The third kappa shape index (κ3) is 6.18. The third-order valence-electron chi connectivity index (χ3n) is 2.02. The van der Waals surface area contributed by atoms with Gasteiger partial charge in [0.2, 0.25) is 24.3 Å². The van der Waals surface area contributed by atoms with E-state index in [-0.39, 0.29) is 6.42 Å². The van der Waals surface area contributed by atoms with Gasteiger partial charge in [0.15, 0.2) is 0 Å². The van der Waals surface area contributed by atoms with Gasteiger partial charge in [-0.3, -0.25) is 0 Å². The van der Waals surface area contributed by atoms with Crippen LogP contribution in [0.3, 0.4) is 0 Å². The van der Waals surface area contributed by atoms with Gasteiger partial charge >= 0.3 is 0 Å². The molecule has 0 N–H and O–H groups in total. The van der Waals surface area contributed by atoms with Crippen molar-refractivity contribution in [1.29, 1.82) is 0 Å². The van der Waals surface area contributed by atoms with Crippen molar-refractivity contribution in [2.75, 3.05) is 6.54 Å². The normalized spacial score (nSPS) is 11.8. The molecule has 0 aliphatic carbocycles. The third-order valence-corrected chi connectivity index (χ3v) is 2.02. The van der Waals surface area contributed by atoms with E-state index < -0.39 is 5.79 Å². The first-order valence-electron chi connectivity index (χ1n) is 5.05. The standard InChI is InChI=1S/C10H10N4O4/c15-6-11-5-3-1-2-4-10(12-7-16,13-8-17)14-9-18/h1-5H2. The number of isocyanates is 4. The Morgan fingerprint density at radius 1 is 0.722 bits per heavy atom. The highest BCUT2D eigenvalue weighted by atomic mass is 16.1. The molecule has 94 valence electrons. The molecule has 0 radical (unpaired) electrons. The van der Waals surface area contributed by atoms with E-state index in [1.807, 2.05) is 0 Å². The highest BCUT2D eigenvalue weighted by Crippen LogP contribution is 2.22. The molecule has 0 aromatic rings. The van der Waals surface area contributed by atoms with Crippen LogP contribution in [0.5, 0.6) is 0 Å². The number of unbranched alkanes of at least 4 members (excludes halogenated alkanes) is 2. The van der Waals surface area contributed by atoms with E-state index in [1.165, 1.54) is 24.3 Å². The molecular weight excluding hydrogens is 240 g/mol. The Hall–Kier alpha value is -2.48. The van der Waals surface area contributed by atoms with Crippen molar-refractivity contribution in [2.24, 2.45) is 20.0 Å². The fourth-order valence-electron chi connectivity index (χ4n) is 1.24. The number of nitrogens with zero attached hydrogens (tertiary/aromatic N) is 4. The molecule has 8 heteroatoms. The summed E-state index contributed by atoms with van der Waals surface area (Å²) < 4.78 is 0. The first-order valence-corrected chi connectivity index (χ1v) is 5.05. The van der Waals surface area contributed by atoms with Gasteiger partial charge in [0.1, 0.15) is 0 Å². The summed E-state index contributed by atoms with van der Waals surface area (Å²) in [6, 6.07) is 0. The van der Waals surface area contributed by atoms with Crippen LogP contribution in [0.1, 0.15) is 25.7 Å². The van der Waals surface area contributed by atoms with Gasteiger partial charge in [-0.1, -0.05) is 6.42 Å².